The van der Waals surface area contributed by atoms with Crippen molar-refractivity contribution in [2.75, 3.05) is 19.8 Å². The molecule has 0 aromatic carbocycles. The molecule has 0 aromatic rings. The van der Waals surface area contributed by atoms with Gasteiger partial charge < -0.3 is 14.6 Å². The topological polar surface area (TPSA) is 55.8 Å². The van der Waals surface area contributed by atoms with E-state index < -0.39 is 6.10 Å². The lowest BCUT2D eigenvalue weighted by Gasteiger charge is -2.15. The molecular weight excluding hydrogens is 520 g/mol. The molecule has 0 aliphatic rings. The Balaban J connectivity index is 3.54. The van der Waals surface area contributed by atoms with Gasteiger partial charge in [-0.2, -0.15) is 0 Å². The first-order chi connectivity index (χ1) is 20.7. The molecule has 0 aliphatic carbocycles. The second-order valence-corrected chi connectivity index (χ2v) is 10.9. The summed E-state index contributed by atoms with van der Waals surface area (Å²) in [6.45, 7) is 5.11. The average Bonchev–Trinajstić information content (AvgIpc) is 3.00. The Labute approximate surface area is 259 Å². The fourth-order valence-corrected chi connectivity index (χ4v) is 4.27. The number of aliphatic hydroxyl groups is 1. The Hall–Kier alpha value is -2.17. The summed E-state index contributed by atoms with van der Waals surface area (Å²) >= 11 is 0. The summed E-state index contributed by atoms with van der Waals surface area (Å²) < 4.78 is 11.0. The third-order valence-electron chi connectivity index (χ3n) is 6.80. The number of carbonyl (C=O) groups is 1. The maximum Gasteiger partial charge on any atom is 0.306 e. The van der Waals surface area contributed by atoms with E-state index in [4.69, 9.17) is 9.47 Å². The summed E-state index contributed by atoms with van der Waals surface area (Å²) in [4.78, 5) is 11.9. The van der Waals surface area contributed by atoms with Gasteiger partial charge >= 0.3 is 5.97 Å². The molecule has 0 rings (SSSR count). The molecule has 1 unspecified atom stereocenters. The van der Waals surface area contributed by atoms with Crippen molar-refractivity contribution in [2.45, 2.75) is 142 Å². The zero-order chi connectivity index (χ0) is 30.6. The number of esters is 1. The van der Waals surface area contributed by atoms with E-state index in [-0.39, 0.29) is 19.2 Å². The molecular formula is C38H64O4. The molecule has 1 atom stereocenters. The molecule has 1 N–H and O–H groups in total. The van der Waals surface area contributed by atoms with Gasteiger partial charge in [-0.25, -0.2) is 0 Å². The quantitative estimate of drug-likeness (QED) is 0.0518. The van der Waals surface area contributed by atoms with Gasteiger partial charge in [-0.05, 0) is 64.2 Å². The third kappa shape index (κ3) is 32.3. The van der Waals surface area contributed by atoms with E-state index >= 15 is 0 Å². The summed E-state index contributed by atoms with van der Waals surface area (Å²) in [6.07, 6.45) is 46.7. The third-order valence-corrected chi connectivity index (χ3v) is 6.80. The number of unbranched alkanes of at least 4 members (excludes halogenated alkanes) is 10. The van der Waals surface area contributed by atoms with Gasteiger partial charge in [0.15, 0.2) is 0 Å². The molecule has 0 aliphatic heterocycles. The molecule has 42 heavy (non-hydrogen) atoms. The van der Waals surface area contributed by atoms with Crippen LogP contribution in [-0.4, -0.2) is 37.0 Å². The molecule has 0 saturated heterocycles. The predicted octanol–water partition coefficient (Wildman–Crippen LogP) is 10.7. The van der Waals surface area contributed by atoms with E-state index in [1.807, 2.05) is 0 Å². The molecule has 240 valence electrons. The Bertz CT molecular complexity index is 744. The second kappa shape index (κ2) is 35.0. The first kappa shape index (κ1) is 39.8. The Morgan fingerprint density at radius 3 is 1.62 bits per heavy atom. The maximum atomic E-state index is 11.9. The van der Waals surface area contributed by atoms with Crippen molar-refractivity contribution in [3.63, 3.8) is 0 Å². The lowest BCUT2D eigenvalue weighted by Crippen LogP contribution is -2.27. The van der Waals surface area contributed by atoms with Gasteiger partial charge in [-0.3, -0.25) is 4.79 Å². The number of hydrogen-bond acceptors (Lipinski definition) is 4. The van der Waals surface area contributed by atoms with Crippen LogP contribution in [0, 0.1) is 0 Å². The van der Waals surface area contributed by atoms with Gasteiger partial charge in [0.2, 0.25) is 0 Å². The lowest BCUT2D eigenvalue weighted by molar-refractivity contribution is -0.154. The minimum Gasteiger partial charge on any atom is -0.457 e. The van der Waals surface area contributed by atoms with E-state index in [2.05, 4.69) is 86.8 Å². The van der Waals surface area contributed by atoms with E-state index in [1.165, 1.54) is 44.9 Å². The highest BCUT2D eigenvalue weighted by molar-refractivity contribution is 5.69. The number of aliphatic hydroxyl groups excluding tert-OH is 1. The summed E-state index contributed by atoms with van der Waals surface area (Å²) in [5, 5.41) is 9.46. The van der Waals surface area contributed by atoms with Crippen molar-refractivity contribution in [1.29, 1.82) is 0 Å². The standard InChI is InChI=1S/C38H64O4/c1-3-5-7-9-11-12-13-14-15-16-17-18-19-20-21-22-23-24-25-26-27-28-30-32-34-41-36-37(35-39)42-38(40)33-31-29-10-8-6-4-2/h5,7,11-12,14-15,17-18,20-21,23-24,37,39H,3-4,6,8-10,13,16,19,22,25-36H2,1-2H3/b7-5-,12-11-,15-14-,18-17-,21-20-,24-23-. The normalized spacial score (nSPS) is 13.3. The second-order valence-electron chi connectivity index (χ2n) is 10.9. The molecule has 0 fully saturated rings. The van der Waals surface area contributed by atoms with E-state index in [1.54, 1.807) is 0 Å². The van der Waals surface area contributed by atoms with Crippen LogP contribution in [0.4, 0.5) is 0 Å². The molecule has 4 heteroatoms. The van der Waals surface area contributed by atoms with E-state index in [0.29, 0.717) is 13.0 Å². The Morgan fingerprint density at radius 2 is 1.07 bits per heavy atom. The van der Waals surface area contributed by atoms with Crippen LogP contribution in [-0.2, 0) is 14.3 Å². The van der Waals surface area contributed by atoms with Crippen LogP contribution < -0.4 is 0 Å². The molecule has 4 nitrogen and oxygen atoms in total. The van der Waals surface area contributed by atoms with Crippen LogP contribution in [0.2, 0.25) is 0 Å². The zero-order valence-electron chi connectivity index (χ0n) is 27.2. The monoisotopic (exact) mass is 584 g/mol. The van der Waals surface area contributed by atoms with Crippen molar-refractivity contribution < 1.29 is 19.4 Å². The first-order valence-electron chi connectivity index (χ1n) is 17.0. The first-order valence-corrected chi connectivity index (χ1v) is 17.0. The maximum absolute atomic E-state index is 11.9. The van der Waals surface area contributed by atoms with Crippen molar-refractivity contribution in [3.05, 3.63) is 72.9 Å². The van der Waals surface area contributed by atoms with E-state index in [9.17, 15) is 9.90 Å². The number of allylic oxidation sites excluding steroid dienone is 12. The van der Waals surface area contributed by atoms with Crippen LogP contribution in [0.25, 0.3) is 0 Å². The summed E-state index contributed by atoms with van der Waals surface area (Å²) in [5.41, 5.74) is 0. The van der Waals surface area contributed by atoms with Crippen molar-refractivity contribution in [3.8, 4) is 0 Å². The smallest absolute Gasteiger partial charge is 0.306 e. The van der Waals surface area contributed by atoms with Gasteiger partial charge in [0.05, 0.1) is 13.2 Å². The highest BCUT2D eigenvalue weighted by Crippen LogP contribution is 2.09. The predicted molar refractivity (Wildman–Crippen MR) is 182 cm³/mol. The molecule has 0 aromatic heterocycles. The van der Waals surface area contributed by atoms with Crippen LogP contribution in [0.5, 0.6) is 0 Å². The Morgan fingerprint density at radius 1 is 0.595 bits per heavy atom. The SMILES string of the molecule is CC/C=C\C/C=C\C/C=C\C/C=C\C/C=C\C/C=C\CCCCCCCOCC(CO)OC(=O)CCCCCCCC. The highest BCUT2D eigenvalue weighted by Gasteiger charge is 2.13. The Kier molecular flexibility index (Phi) is 33.2. The average molecular weight is 585 g/mol. The van der Waals surface area contributed by atoms with Crippen molar-refractivity contribution in [1.82, 2.24) is 0 Å². The van der Waals surface area contributed by atoms with Crippen LogP contribution in [0.3, 0.4) is 0 Å². The summed E-state index contributed by atoms with van der Waals surface area (Å²) in [6, 6.07) is 0. The largest absolute Gasteiger partial charge is 0.457 e. The minimum atomic E-state index is -0.543. The molecule has 0 saturated carbocycles. The number of hydrogen-bond donors (Lipinski definition) is 1. The van der Waals surface area contributed by atoms with Gasteiger partial charge in [0.25, 0.3) is 0 Å². The van der Waals surface area contributed by atoms with Crippen molar-refractivity contribution in [2.24, 2.45) is 0 Å². The highest BCUT2D eigenvalue weighted by atomic mass is 16.6. The molecule has 0 radical (unpaired) electrons. The fraction of sp³-hybridized carbons (Fsp3) is 0.658. The summed E-state index contributed by atoms with van der Waals surface area (Å²) in [5.74, 6) is -0.222. The minimum absolute atomic E-state index is 0.184. The van der Waals surface area contributed by atoms with Gasteiger partial charge in [-0.15, -0.1) is 0 Å². The number of rotatable bonds is 30. The molecule has 0 amide bonds. The van der Waals surface area contributed by atoms with Crippen molar-refractivity contribution >= 4 is 5.97 Å². The van der Waals surface area contributed by atoms with Gasteiger partial charge in [-0.1, -0.05) is 138 Å². The van der Waals surface area contributed by atoms with E-state index in [0.717, 1.165) is 70.6 Å². The number of ether oxygens (including phenoxy) is 2. The van der Waals surface area contributed by atoms with Crippen LogP contribution in [0.1, 0.15) is 136 Å². The van der Waals surface area contributed by atoms with Gasteiger partial charge in [0, 0.05) is 13.0 Å². The lowest BCUT2D eigenvalue weighted by atomic mass is 10.1. The zero-order valence-corrected chi connectivity index (χ0v) is 27.2. The molecule has 0 bridgehead atoms. The number of carbonyl (C=O) groups excluding carboxylic acids is 1. The molecule has 0 heterocycles. The van der Waals surface area contributed by atoms with Crippen LogP contribution in [0.15, 0.2) is 72.9 Å². The fourth-order valence-electron chi connectivity index (χ4n) is 4.27. The van der Waals surface area contributed by atoms with Crippen LogP contribution >= 0.6 is 0 Å². The summed E-state index contributed by atoms with van der Waals surface area (Å²) in [7, 11) is 0. The molecule has 0 spiro atoms. The van der Waals surface area contributed by atoms with Gasteiger partial charge in [0.1, 0.15) is 6.10 Å².